The first-order chi connectivity index (χ1) is 16.3. The molecule has 1 amide bonds. The third-order valence-electron chi connectivity index (χ3n) is 5.94. The molecule has 0 aliphatic carbocycles. The van der Waals surface area contributed by atoms with E-state index in [1.54, 1.807) is 24.8 Å². The second kappa shape index (κ2) is 10.4. The summed E-state index contributed by atoms with van der Waals surface area (Å²) in [5, 5.41) is 11.3. The fourth-order valence-electron chi connectivity index (χ4n) is 3.58. The van der Waals surface area contributed by atoms with Crippen LogP contribution in [0.2, 0.25) is 0 Å². The van der Waals surface area contributed by atoms with Crippen LogP contribution < -0.4 is 11.1 Å². The van der Waals surface area contributed by atoms with Gasteiger partial charge in [-0.25, -0.2) is 9.97 Å². The first kappa shape index (κ1) is 25.5. The molecule has 3 N–H and O–H groups in total. The lowest BCUT2D eigenvalue weighted by Crippen LogP contribution is -2.31. The summed E-state index contributed by atoms with van der Waals surface area (Å²) >= 11 is 0. The molecule has 11 heteroatoms. The van der Waals surface area contributed by atoms with Crippen molar-refractivity contribution < 1.29 is 9.32 Å². The van der Waals surface area contributed by atoms with Crippen LogP contribution >= 0.6 is 0 Å². The van der Waals surface area contributed by atoms with Gasteiger partial charge in [0.25, 0.3) is 5.89 Å². The number of hydrogen-bond acceptors (Lipinski definition) is 9. The van der Waals surface area contributed by atoms with Crippen molar-refractivity contribution in [3.05, 3.63) is 54.5 Å². The van der Waals surface area contributed by atoms with Crippen molar-refractivity contribution in [1.29, 1.82) is 0 Å². The van der Waals surface area contributed by atoms with E-state index in [4.69, 9.17) is 10.3 Å². The highest BCUT2D eigenvalue weighted by molar-refractivity contribution is 5.75. The molecular weight excluding hydrogens is 446 g/mol. The van der Waals surface area contributed by atoms with Crippen LogP contribution in [-0.4, -0.2) is 47.3 Å². The summed E-state index contributed by atoms with van der Waals surface area (Å²) in [6.07, 6.45) is 8.41. The van der Waals surface area contributed by atoms with Crippen molar-refractivity contribution in [1.82, 2.24) is 40.2 Å². The van der Waals surface area contributed by atoms with Crippen LogP contribution in [-0.2, 0) is 16.8 Å². The Bertz CT molecular complexity index is 1260. The van der Waals surface area contributed by atoms with Gasteiger partial charge in [-0.1, -0.05) is 32.5 Å². The van der Waals surface area contributed by atoms with E-state index in [0.717, 1.165) is 16.8 Å². The van der Waals surface area contributed by atoms with Crippen molar-refractivity contribution in [2.24, 2.45) is 5.92 Å². The number of aromatic nitrogens is 7. The second-order valence-corrected chi connectivity index (χ2v) is 8.42. The maximum Gasteiger partial charge on any atom is 0.261 e. The third kappa shape index (κ3) is 5.18. The van der Waals surface area contributed by atoms with E-state index in [1.165, 1.54) is 4.68 Å². The summed E-state index contributed by atoms with van der Waals surface area (Å²) in [4.78, 5) is 29.1. The highest BCUT2D eigenvalue weighted by atomic mass is 16.5. The van der Waals surface area contributed by atoms with E-state index in [0.29, 0.717) is 23.8 Å². The highest BCUT2D eigenvalue weighted by Gasteiger charge is 2.38. The first-order valence-corrected chi connectivity index (χ1v) is 11.0. The van der Waals surface area contributed by atoms with Crippen LogP contribution in [0.15, 0.2) is 47.6 Å². The van der Waals surface area contributed by atoms with E-state index in [9.17, 15) is 4.79 Å². The molecule has 11 nitrogen and oxygen atoms in total. The van der Waals surface area contributed by atoms with Crippen LogP contribution in [0, 0.1) is 5.92 Å². The van der Waals surface area contributed by atoms with Crippen molar-refractivity contribution in [2.75, 3.05) is 12.3 Å². The van der Waals surface area contributed by atoms with Crippen molar-refractivity contribution in [3.8, 4) is 22.7 Å². The minimum absolute atomic E-state index is 0. The zero-order chi connectivity index (χ0) is 24.3. The van der Waals surface area contributed by atoms with Gasteiger partial charge in [0.05, 0.1) is 22.9 Å². The molecule has 35 heavy (non-hydrogen) atoms. The Labute approximate surface area is 204 Å². The predicted octanol–water partition coefficient (Wildman–Crippen LogP) is 3.10. The predicted molar refractivity (Wildman–Crippen MR) is 132 cm³/mol. The summed E-state index contributed by atoms with van der Waals surface area (Å²) in [5.74, 6) is 1.13. The maximum absolute atomic E-state index is 11.8. The van der Waals surface area contributed by atoms with E-state index >= 15 is 0 Å². The lowest BCUT2D eigenvalue weighted by Gasteiger charge is -2.30. The minimum Gasteiger partial charge on any atom is -0.368 e. The average Bonchev–Trinajstić information content (AvgIpc) is 3.49. The van der Waals surface area contributed by atoms with Crippen molar-refractivity contribution in [2.45, 2.75) is 47.1 Å². The molecular formula is C24H31N9O2. The standard InChI is InChI=1S/C23H27N9O2.CH4/c1-5-25-19(33)13-32-12-16(10-29-32)20-30-21(31-34-20)23(4,14(2)3)17-6-7-18(26-11-17)15-8-27-22(24)28-9-15;/h6-12,14H,5,13H2,1-4H3,(H,25,33)(H2,24,27,28);1H4/t23-;/m1./s1. The molecule has 184 valence electrons. The molecule has 0 saturated carbocycles. The smallest absolute Gasteiger partial charge is 0.261 e. The Morgan fingerprint density at radius 3 is 2.51 bits per heavy atom. The monoisotopic (exact) mass is 477 g/mol. The number of nitrogens with two attached hydrogens (primary N) is 1. The zero-order valence-electron chi connectivity index (χ0n) is 19.6. The molecule has 0 bridgehead atoms. The minimum atomic E-state index is -0.554. The lowest BCUT2D eigenvalue weighted by molar-refractivity contribution is -0.121. The van der Waals surface area contributed by atoms with Crippen LogP contribution in [0.3, 0.4) is 0 Å². The Hall–Kier alpha value is -4.15. The highest BCUT2D eigenvalue weighted by Crippen LogP contribution is 2.38. The van der Waals surface area contributed by atoms with Gasteiger partial charge in [0, 0.05) is 36.9 Å². The summed E-state index contributed by atoms with van der Waals surface area (Å²) in [6, 6.07) is 3.91. The van der Waals surface area contributed by atoms with Gasteiger partial charge in [0.1, 0.15) is 6.54 Å². The molecule has 4 heterocycles. The summed E-state index contributed by atoms with van der Waals surface area (Å²) in [5.41, 5.74) is 8.13. The van der Waals surface area contributed by atoms with Crippen molar-refractivity contribution in [3.63, 3.8) is 0 Å². The average molecular weight is 478 g/mol. The van der Waals surface area contributed by atoms with E-state index < -0.39 is 5.41 Å². The van der Waals surface area contributed by atoms with Gasteiger partial charge in [0.2, 0.25) is 11.9 Å². The Balaban J connectivity index is 0.00000342. The number of carbonyl (C=O) groups excluding carboxylic acids is 1. The molecule has 0 spiro atoms. The number of nitrogens with zero attached hydrogens (tertiary/aromatic N) is 7. The molecule has 0 fully saturated rings. The zero-order valence-corrected chi connectivity index (χ0v) is 19.6. The van der Waals surface area contributed by atoms with Crippen LogP contribution in [0.1, 0.15) is 46.5 Å². The van der Waals surface area contributed by atoms with Gasteiger partial charge < -0.3 is 15.6 Å². The number of hydrogen-bond donors (Lipinski definition) is 2. The largest absolute Gasteiger partial charge is 0.368 e. The number of anilines is 1. The summed E-state index contributed by atoms with van der Waals surface area (Å²) in [6.45, 7) is 8.82. The molecule has 4 aromatic rings. The number of rotatable bonds is 8. The molecule has 0 unspecified atom stereocenters. The Kier molecular flexibility index (Phi) is 7.58. The topological polar surface area (TPSA) is 151 Å². The van der Waals surface area contributed by atoms with Gasteiger partial charge in [-0.15, -0.1) is 0 Å². The van der Waals surface area contributed by atoms with Crippen LogP contribution in [0.5, 0.6) is 0 Å². The number of amides is 1. The second-order valence-electron chi connectivity index (χ2n) is 8.42. The summed E-state index contributed by atoms with van der Waals surface area (Å²) in [7, 11) is 0. The fourth-order valence-corrected chi connectivity index (χ4v) is 3.58. The molecule has 0 aliphatic heterocycles. The quantitative estimate of drug-likeness (QED) is 0.390. The number of pyridine rings is 1. The SMILES string of the molecule is C.CCNC(=O)Cn1cc(-c2nc([C@@](C)(c3ccc(-c4cnc(N)nc4)nc3)C(C)C)no2)cn1. The molecule has 0 saturated heterocycles. The lowest BCUT2D eigenvalue weighted by atomic mass is 9.73. The fraction of sp³-hybridized carbons (Fsp3) is 0.375. The Morgan fingerprint density at radius 2 is 1.89 bits per heavy atom. The number of carbonyl (C=O) groups is 1. The van der Waals surface area contributed by atoms with Crippen molar-refractivity contribution >= 4 is 11.9 Å². The van der Waals surface area contributed by atoms with Gasteiger partial charge >= 0.3 is 0 Å². The van der Waals surface area contributed by atoms with Gasteiger partial charge in [0.15, 0.2) is 5.82 Å². The molecule has 0 aromatic carbocycles. The van der Waals surface area contributed by atoms with Gasteiger partial charge in [-0.05, 0) is 31.4 Å². The molecule has 4 rings (SSSR count). The van der Waals surface area contributed by atoms with Gasteiger partial charge in [-0.3, -0.25) is 14.5 Å². The van der Waals surface area contributed by atoms with Crippen LogP contribution in [0.4, 0.5) is 5.95 Å². The third-order valence-corrected chi connectivity index (χ3v) is 5.94. The molecule has 0 radical (unpaired) electrons. The van der Waals surface area contributed by atoms with Crippen LogP contribution in [0.25, 0.3) is 22.7 Å². The Morgan fingerprint density at radius 1 is 1.14 bits per heavy atom. The normalized spacial score (nSPS) is 12.7. The maximum atomic E-state index is 11.8. The number of nitrogen functional groups attached to an aromatic ring is 1. The number of nitrogens with one attached hydrogen (secondary N) is 1. The molecule has 1 atom stereocenters. The number of likely N-dealkylation sites (N-methyl/N-ethyl adjacent to an activating group) is 1. The van der Waals surface area contributed by atoms with E-state index in [-0.39, 0.29) is 31.7 Å². The molecule has 4 aromatic heterocycles. The first-order valence-electron chi connectivity index (χ1n) is 11.0. The summed E-state index contributed by atoms with van der Waals surface area (Å²) < 4.78 is 7.11. The van der Waals surface area contributed by atoms with E-state index in [1.807, 2.05) is 25.3 Å². The molecule has 0 aliphatic rings. The van der Waals surface area contributed by atoms with Gasteiger partial charge in [-0.2, -0.15) is 10.1 Å². The van der Waals surface area contributed by atoms with E-state index in [2.05, 4.69) is 56.3 Å².